The van der Waals surface area contributed by atoms with E-state index in [-0.39, 0.29) is 6.03 Å². The van der Waals surface area contributed by atoms with Gasteiger partial charge in [0.15, 0.2) is 0 Å². The van der Waals surface area contributed by atoms with Gasteiger partial charge in [-0.25, -0.2) is 4.79 Å². The molecule has 0 saturated carbocycles. The predicted molar refractivity (Wildman–Crippen MR) is 83.5 cm³/mol. The van der Waals surface area contributed by atoms with Crippen LogP contribution < -0.4 is 15.4 Å². The van der Waals surface area contributed by atoms with Crippen molar-refractivity contribution in [1.29, 1.82) is 0 Å². The van der Waals surface area contributed by atoms with Crippen LogP contribution in [0.2, 0.25) is 5.02 Å². The van der Waals surface area contributed by atoms with Crippen molar-refractivity contribution < 1.29 is 9.53 Å². The van der Waals surface area contributed by atoms with E-state index in [9.17, 15) is 4.79 Å². The lowest BCUT2D eigenvalue weighted by molar-refractivity contribution is 0.240. The fourth-order valence-corrected chi connectivity index (χ4v) is 2.14. The van der Waals surface area contributed by atoms with E-state index in [4.69, 9.17) is 16.3 Å². The molecular weight excluding hydrogens is 288 g/mol. The minimum Gasteiger partial charge on any atom is -0.496 e. The van der Waals surface area contributed by atoms with Gasteiger partial charge >= 0.3 is 6.03 Å². The second-order valence-electron chi connectivity index (χ2n) is 4.44. The van der Waals surface area contributed by atoms with Crippen LogP contribution in [0.4, 0.5) is 4.79 Å². The summed E-state index contributed by atoms with van der Waals surface area (Å²) in [5.41, 5.74) is 1.81. The van der Waals surface area contributed by atoms with Crippen molar-refractivity contribution in [3.05, 3.63) is 64.7 Å². The Hall–Kier alpha value is -2.20. The first-order valence-electron chi connectivity index (χ1n) is 6.57. The smallest absolute Gasteiger partial charge is 0.315 e. The van der Waals surface area contributed by atoms with Crippen LogP contribution in [0.1, 0.15) is 11.1 Å². The van der Waals surface area contributed by atoms with Gasteiger partial charge in [-0.15, -0.1) is 0 Å². The maximum atomic E-state index is 11.8. The largest absolute Gasteiger partial charge is 0.496 e. The zero-order chi connectivity index (χ0) is 15.1. The molecule has 2 amide bonds. The normalized spacial score (nSPS) is 10.0. The van der Waals surface area contributed by atoms with E-state index in [1.807, 2.05) is 36.4 Å². The lowest BCUT2D eigenvalue weighted by atomic mass is 10.2. The lowest BCUT2D eigenvalue weighted by Gasteiger charge is -2.12. The van der Waals surface area contributed by atoms with E-state index in [0.717, 1.165) is 11.1 Å². The van der Waals surface area contributed by atoms with Gasteiger partial charge in [-0.05, 0) is 17.7 Å². The Bertz CT molecular complexity index is 602. The maximum absolute atomic E-state index is 11.8. The molecule has 4 nitrogen and oxygen atoms in total. The quantitative estimate of drug-likeness (QED) is 0.890. The molecule has 110 valence electrons. The molecule has 21 heavy (non-hydrogen) atoms. The van der Waals surface area contributed by atoms with Crippen LogP contribution in [0.25, 0.3) is 0 Å². The van der Waals surface area contributed by atoms with Gasteiger partial charge in [0, 0.05) is 23.7 Å². The molecular formula is C16H17ClN2O2. The van der Waals surface area contributed by atoms with Gasteiger partial charge < -0.3 is 15.4 Å². The molecule has 0 bridgehead atoms. The minimum atomic E-state index is -0.249. The molecule has 2 aromatic rings. The van der Waals surface area contributed by atoms with Gasteiger partial charge in [-0.1, -0.05) is 48.0 Å². The predicted octanol–water partition coefficient (Wildman–Crippen LogP) is 3.35. The molecule has 0 radical (unpaired) electrons. The van der Waals surface area contributed by atoms with E-state index in [2.05, 4.69) is 10.6 Å². The molecule has 0 aromatic heterocycles. The first-order valence-corrected chi connectivity index (χ1v) is 6.95. The summed E-state index contributed by atoms with van der Waals surface area (Å²) in [6, 6.07) is 14.9. The number of nitrogens with one attached hydrogen (secondary N) is 2. The van der Waals surface area contributed by atoms with Crippen LogP contribution in [-0.2, 0) is 13.1 Å². The van der Waals surface area contributed by atoms with Gasteiger partial charge in [0.05, 0.1) is 7.11 Å². The monoisotopic (exact) mass is 304 g/mol. The van der Waals surface area contributed by atoms with Crippen LogP contribution in [0.3, 0.4) is 0 Å². The van der Waals surface area contributed by atoms with Gasteiger partial charge in [0.25, 0.3) is 0 Å². The van der Waals surface area contributed by atoms with E-state index in [0.29, 0.717) is 23.9 Å². The van der Waals surface area contributed by atoms with Gasteiger partial charge in [0.2, 0.25) is 0 Å². The van der Waals surface area contributed by atoms with Crippen molar-refractivity contribution in [2.75, 3.05) is 7.11 Å². The van der Waals surface area contributed by atoms with Crippen LogP contribution in [-0.4, -0.2) is 13.1 Å². The number of benzene rings is 2. The molecule has 2 aromatic carbocycles. The number of amides is 2. The average Bonchev–Trinajstić information content (AvgIpc) is 2.52. The highest BCUT2D eigenvalue weighted by Crippen LogP contribution is 2.25. The number of halogens is 1. The van der Waals surface area contributed by atoms with E-state index in [1.54, 1.807) is 19.2 Å². The Morgan fingerprint density at radius 3 is 2.48 bits per heavy atom. The summed E-state index contributed by atoms with van der Waals surface area (Å²) < 4.78 is 5.23. The molecule has 0 aliphatic heterocycles. The highest BCUT2D eigenvalue weighted by atomic mass is 35.5. The Balaban J connectivity index is 1.87. The molecule has 2 N–H and O–H groups in total. The number of hydrogen-bond donors (Lipinski definition) is 2. The second-order valence-corrected chi connectivity index (χ2v) is 4.85. The third-order valence-corrected chi connectivity index (χ3v) is 3.37. The summed E-state index contributed by atoms with van der Waals surface area (Å²) in [6.45, 7) is 0.787. The summed E-state index contributed by atoms with van der Waals surface area (Å²) in [7, 11) is 1.57. The number of ether oxygens (including phenoxy) is 1. The van der Waals surface area contributed by atoms with Crippen LogP contribution in [0.5, 0.6) is 5.75 Å². The summed E-state index contributed by atoms with van der Waals surface area (Å²) in [5.74, 6) is 0.658. The number of methoxy groups -OCH3 is 1. The topological polar surface area (TPSA) is 50.4 Å². The van der Waals surface area contributed by atoms with Crippen molar-refractivity contribution in [3.63, 3.8) is 0 Å². The summed E-state index contributed by atoms with van der Waals surface area (Å²) in [5, 5.41) is 6.13. The van der Waals surface area contributed by atoms with Crippen molar-refractivity contribution in [3.8, 4) is 5.75 Å². The van der Waals surface area contributed by atoms with Gasteiger partial charge in [0.1, 0.15) is 5.75 Å². The fourth-order valence-electron chi connectivity index (χ4n) is 1.91. The zero-order valence-electron chi connectivity index (χ0n) is 11.7. The standard InChI is InChI=1S/C16H17ClN2O2/c1-21-15-9-5-8-14(17)13(15)11-19-16(20)18-10-12-6-3-2-4-7-12/h2-9H,10-11H2,1H3,(H2,18,19,20). The number of urea groups is 1. The summed E-state index contributed by atoms with van der Waals surface area (Å²) in [6.07, 6.45) is 0. The molecule has 0 fully saturated rings. The number of carbonyl (C=O) groups is 1. The van der Waals surface area contributed by atoms with Gasteiger partial charge in [-0.2, -0.15) is 0 Å². The summed E-state index contributed by atoms with van der Waals surface area (Å²) >= 11 is 6.11. The third kappa shape index (κ3) is 4.39. The molecule has 2 rings (SSSR count). The molecule has 0 saturated heterocycles. The first-order chi connectivity index (χ1) is 10.2. The SMILES string of the molecule is COc1cccc(Cl)c1CNC(=O)NCc1ccccc1. The zero-order valence-corrected chi connectivity index (χ0v) is 12.5. The highest BCUT2D eigenvalue weighted by Gasteiger charge is 2.09. The first kappa shape index (κ1) is 15.2. The second kappa shape index (κ2) is 7.55. The molecule has 0 atom stereocenters. The molecule has 0 spiro atoms. The Labute approximate surface area is 129 Å². The third-order valence-electron chi connectivity index (χ3n) is 3.02. The highest BCUT2D eigenvalue weighted by molar-refractivity contribution is 6.31. The summed E-state index contributed by atoms with van der Waals surface area (Å²) in [4.78, 5) is 11.8. The Kier molecular flexibility index (Phi) is 5.46. The number of carbonyl (C=O) groups excluding carboxylic acids is 1. The Morgan fingerprint density at radius 1 is 1.05 bits per heavy atom. The van der Waals surface area contributed by atoms with Crippen molar-refractivity contribution in [1.82, 2.24) is 10.6 Å². The van der Waals surface area contributed by atoms with Crippen molar-refractivity contribution >= 4 is 17.6 Å². The van der Waals surface area contributed by atoms with Crippen LogP contribution in [0, 0.1) is 0 Å². The molecule has 5 heteroatoms. The van der Waals surface area contributed by atoms with E-state index < -0.39 is 0 Å². The van der Waals surface area contributed by atoms with Crippen LogP contribution in [0.15, 0.2) is 48.5 Å². The van der Waals surface area contributed by atoms with Crippen molar-refractivity contribution in [2.24, 2.45) is 0 Å². The maximum Gasteiger partial charge on any atom is 0.315 e. The van der Waals surface area contributed by atoms with E-state index in [1.165, 1.54) is 0 Å². The molecule has 0 aliphatic carbocycles. The number of rotatable bonds is 5. The molecule has 0 heterocycles. The molecule has 0 aliphatic rings. The fraction of sp³-hybridized carbons (Fsp3) is 0.188. The average molecular weight is 305 g/mol. The minimum absolute atomic E-state index is 0.249. The van der Waals surface area contributed by atoms with E-state index >= 15 is 0 Å². The van der Waals surface area contributed by atoms with Gasteiger partial charge in [-0.3, -0.25) is 0 Å². The van der Waals surface area contributed by atoms with Crippen molar-refractivity contribution in [2.45, 2.75) is 13.1 Å². The Morgan fingerprint density at radius 2 is 1.76 bits per heavy atom. The number of hydrogen-bond acceptors (Lipinski definition) is 2. The van der Waals surface area contributed by atoms with Crippen LogP contribution >= 0.6 is 11.6 Å². The molecule has 0 unspecified atom stereocenters. The lowest BCUT2D eigenvalue weighted by Crippen LogP contribution is -2.34.